The van der Waals surface area contributed by atoms with Gasteiger partial charge in [-0.1, -0.05) is 13.0 Å². The summed E-state index contributed by atoms with van der Waals surface area (Å²) in [4.78, 5) is 0. The van der Waals surface area contributed by atoms with Gasteiger partial charge in [-0.3, -0.25) is 0 Å². The maximum atomic E-state index is 14.0. The predicted octanol–water partition coefficient (Wildman–Crippen LogP) is 4.58. The number of aryl methyl sites for hydroxylation is 1. The van der Waals surface area contributed by atoms with E-state index in [1.54, 1.807) is 6.07 Å². The molecule has 0 fully saturated rings. The van der Waals surface area contributed by atoms with Crippen LogP contribution in [0.25, 0.3) is 11.1 Å². The number of halogens is 3. The van der Waals surface area contributed by atoms with Crippen LogP contribution in [0.15, 0.2) is 30.3 Å². The van der Waals surface area contributed by atoms with E-state index in [9.17, 15) is 13.2 Å². The highest BCUT2D eigenvalue weighted by atomic mass is 19.1. The van der Waals surface area contributed by atoms with Gasteiger partial charge in [-0.25, -0.2) is 13.2 Å². The second-order valence-electron chi connectivity index (χ2n) is 5.06. The van der Waals surface area contributed by atoms with E-state index in [-0.39, 0.29) is 16.9 Å². The highest BCUT2D eigenvalue weighted by Crippen LogP contribution is 2.27. The molecule has 4 heteroatoms. The van der Waals surface area contributed by atoms with Crippen molar-refractivity contribution in [2.75, 3.05) is 6.54 Å². The predicted molar refractivity (Wildman–Crippen MR) is 78.5 cm³/mol. The van der Waals surface area contributed by atoms with E-state index < -0.39 is 11.6 Å². The van der Waals surface area contributed by atoms with Crippen molar-refractivity contribution in [3.8, 4) is 11.1 Å². The van der Waals surface area contributed by atoms with Crippen LogP contribution in [0.1, 0.15) is 24.5 Å². The van der Waals surface area contributed by atoms with Crippen LogP contribution in [0.2, 0.25) is 0 Å². The molecule has 0 bridgehead atoms. The van der Waals surface area contributed by atoms with Gasteiger partial charge in [0.05, 0.1) is 0 Å². The van der Waals surface area contributed by atoms with Gasteiger partial charge in [0.25, 0.3) is 0 Å². The Kier molecular flexibility index (Phi) is 5.02. The van der Waals surface area contributed by atoms with Crippen molar-refractivity contribution in [2.24, 2.45) is 0 Å². The normalized spacial score (nSPS) is 10.9. The summed E-state index contributed by atoms with van der Waals surface area (Å²) in [5.41, 5.74) is 1.32. The first-order valence-electron chi connectivity index (χ1n) is 6.98. The molecule has 0 aliphatic rings. The fourth-order valence-corrected chi connectivity index (χ4v) is 2.15. The summed E-state index contributed by atoms with van der Waals surface area (Å²) >= 11 is 0. The number of nitrogens with one attached hydrogen (secondary N) is 1. The van der Waals surface area contributed by atoms with Crippen molar-refractivity contribution in [1.82, 2.24) is 5.32 Å². The molecule has 0 saturated heterocycles. The van der Waals surface area contributed by atoms with Crippen molar-refractivity contribution >= 4 is 0 Å². The van der Waals surface area contributed by atoms with Crippen LogP contribution in [0, 0.1) is 24.4 Å². The van der Waals surface area contributed by atoms with Gasteiger partial charge < -0.3 is 5.32 Å². The van der Waals surface area contributed by atoms with Gasteiger partial charge >= 0.3 is 0 Å². The molecule has 0 aliphatic heterocycles. The fourth-order valence-electron chi connectivity index (χ4n) is 2.15. The van der Waals surface area contributed by atoms with Gasteiger partial charge in [0.2, 0.25) is 0 Å². The van der Waals surface area contributed by atoms with Crippen LogP contribution in [0.3, 0.4) is 0 Å². The summed E-state index contributed by atoms with van der Waals surface area (Å²) < 4.78 is 41.3. The minimum absolute atomic E-state index is 0.148. The Labute approximate surface area is 122 Å². The quantitative estimate of drug-likeness (QED) is 0.796. The zero-order valence-electron chi connectivity index (χ0n) is 12.1. The highest BCUT2D eigenvalue weighted by molar-refractivity contribution is 5.65. The molecule has 0 heterocycles. The third-order valence-corrected chi connectivity index (χ3v) is 3.35. The summed E-state index contributed by atoms with van der Waals surface area (Å²) in [7, 11) is 0. The standard InChI is InChI=1S/C17H18F3N/c1-3-6-21-10-13-8-12(4-5-15(13)18)14-9-16(19)11(2)7-17(14)20/h4-5,7-9,21H,3,6,10H2,1-2H3. The molecular formula is C17H18F3N. The lowest BCUT2D eigenvalue weighted by Gasteiger charge is -2.10. The number of rotatable bonds is 5. The Hall–Kier alpha value is -1.81. The van der Waals surface area contributed by atoms with Crippen LogP contribution < -0.4 is 5.32 Å². The van der Waals surface area contributed by atoms with Crippen LogP contribution in [-0.2, 0) is 6.54 Å². The van der Waals surface area contributed by atoms with Gasteiger partial charge in [0.1, 0.15) is 17.5 Å². The minimum atomic E-state index is -0.507. The molecule has 0 atom stereocenters. The Balaban J connectivity index is 2.36. The summed E-state index contributed by atoms with van der Waals surface area (Å²) in [6.07, 6.45) is 0.944. The maximum Gasteiger partial charge on any atom is 0.131 e. The number of hydrogen-bond acceptors (Lipinski definition) is 1. The van der Waals surface area contributed by atoms with Crippen molar-refractivity contribution in [3.63, 3.8) is 0 Å². The second kappa shape index (κ2) is 6.76. The van der Waals surface area contributed by atoms with Crippen LogP contribution >= 0.6 is 0 Å². The summed E-state index contributed by atoms with van der Waals surface area (Å²) in [6, 6.07) is 6.62. The first kappa shape index (κ1) is 15.6. The third kappa shape index (κ3) is 3.64. The van der Waals surface area contributed by atoms with Crippen LogP contribution in [0.4, 0.5) is 13.2 Å². The molecule has 2 rings (SSSR count). The SMILES string of the molecule is CCCNCc1cc(-c2cc(F)c(C)cc2F)ccc1F. The molecule has 1 nitrogen and oxygen atoms in total. The van der Waals surface area contributed by atoms with Gasteiger partial charge in [0, 0.05) is 17.7 Å². The van der Waals surface area contributed by atoms with Crippen molar-refractivity contribution < 1.29 is 13.2 Å². The molecule has 21 heavy (non-hydrogen) atoms. The minimum Gasteiger partial charge on any atom is -0.313 e. The Morgan fingerprint density at radius 3 is 2.43 bits per heavy atom. The van der Waals surface area contributed by atoms with Gasteiger partial charge in [0.15, 0.2) is 0 Å². The molecule has 0 unspecified atom stereocenters. The first-order valence-corrected chi connectivity index (χ1v) is 6.98. The summed E-state index contributed by atoms with van der Waals surface area (Å²) in [5.74, 6) is -1.33. The van der Waals surface area contributed by atoms with Crippen LogP contribution in [0.5, 0.6) is 0 Å². The monoisotopic (exact) mass is 293 g/mol. The molecule has 2 aromatic rings. The maximum absolute atomic E-state index is 14.0. The van der Waals surface area contributed by atoms with E-state index in [2.05, 4.69) is 5.32 Å². The smallest absolute Gasteiger partial charge is 0.131 e. The Morgan fingerprint density at radius 2 is 1.71 bits per heavy atom. The topological polar surface area (TPSA) is 12.0 Å². The largest absolute Gasteiger partial charge is 0.313 e. The molecule has 0 spiro atoms. The fraction of sp³-hybridized carbons (Fsp3) is 0.294. The van der Waals surface area contributed by atoms with Gasteiger partial charge in [-0.05, 0) is 55.3 Å². The highest BCUT2D eigenvalue weighted by Gasteiger charge is 2.11. The molecule has 2 aromatic carbocycles. The van der Waals surface area contributed by atoms with E-state index in [1.807, 2.05) is 6.92 Å². The molecule has 0 amide bonds. The van der Waals surface area contributed by atoms with Crippen molar-refractivity contribution in [3.05, 3.63) is 58.9 Å². The summed E-state index contributed by atoms with van der Waals surface area (Å²) in [5, 5.41) is 3.10. The lowest BCUT2D eigenvalue weighted by molar-refractivity contribution is 0.585. The lowest BCUT2D eigenvalue weighted by Crippen LogP contribution is -2.14. The average Bonchev–Trinajstić information content (AvgIpc) is 2.45. The molecule has 0 radical (unpaired) electrons. The Bertz CT molecular complexity index is 638. The van der Waals surface area contributed by atoms with E-state index in [4.69, 9.17) is 0 Å². The van der Waals surface area contributed by atoms with E-state index in [0.717, 1.165) is 25.1 Å². The number of hydrogen-bond donors (Lipinski definition) is 1. The molecule has 1 N–H and O–H groups in total. The van der Waals surface area contributed by atoms with E-state index in [0.29, 0.717) is 17.7 Å². The molecule has 0 saturated carbocycles. The zero-order valence-corrected chi connectivity index (χ0v) is 12.1. The zero-order chi connectivity index (χ0) is 15.4. The third-order valence-electron chi connectivity index (χ3n) is 3.35. The van der Waals surface area contributed by atoms with Crippen molar-refractivity contribution in [2.45, 2.75) is 26.8 Å². The summed E-state index contributed by atoms with van der Waals surface area (Å²) in [6.45, 7) is 4.66. The number of benzene rings is 2. The lowest BCUT2D eigenvalue weighted by atomic mass is 10.0. The van der Waals surface area contributed by atoms with E-state index in [1.165, 1.54) is 19.1 Å². The first-order chi connectivity index (χ1) is 10.0. The second-order valence-corrected chi connectivity index (χ2v) is 5.06. The van der Waals surface area contributed by atoms with E-state index >= 15 is 0 Å². The van der Waals surface area contributed by atoms with Crippen molar-refractivity contribution in [1.29, 1.82) is 0 Å². The van der Waals surface area contributed by atoms with Gasteiger partial charge in [-0.2, -0.15) is 0 Å². The Morgan fingerprint density at radius 1 is 0.952 bits per heavy atom. The molecule has 0 aromatic heterocycles. The molecule has 0 aliphatic carbocycles. The van der Waals surface area contributed by atoms with Gasteiger partial charge in [-0.15, -0.1) is 0 Å². The van der Waals surface area contributed by atoms with Crippen LogP contribution in [-0.4, -0.2) is 6.54 Å². The molecular weight excluding hydrogens is 275 g/mol. The molecule has 112 valence electrons. The average molecular weight is 293 g/mol.